The molecule has 0 unspecified atom stereocenters. The molecule has 1 amide bonds. The topological polar surface area (TPSA) is 172 Å². The van der Waals surface area contributed by atoms with Gasteiger partial charge in [-0.3, -0.25) is 9.52 Å². The number of fused-ring (bicyclic) bond motifs is 1. The molecule has 46 heavy (non-hydrogen) atoms. The third-order valence-electron chi connectivity index (χ3n) is 7.07. The Morgan fingerprint density at radius 2 is 1.70 bits per heavy atom. The van der Waals surface area contributed by atoms with Gasteiger partial charge in [-0.2, -0.15) is 5.10 Å². The summed E-state index contributed by atoms with van der Waals surface area (Å²) in [7, 11) is -4.33. The Balaban J connectivity index is 1.60. The number of benzene rings is 2. The third-order valence-corrected chi connectivity index (χ3v) is 8.39. The van der Waals surface area contributed by atoms with Crippen LogP contribution in [0.15, 0.2) is 65.8 Å². The molecule has 14 heteroatoms. The number of carbonyl (C=O) groups excluding carboxylic acids is 2. The average Bonchev–Trinajstić information content (AvgIpc) is 3.42. The van der Waals surface area contributed by atoms with Crippen LogP contribution in [0.4, 0.5) is 10.1 Å². The molecule has 0 radical (unpaired) electrons. The maximum atomic E-state index is 14.5. The van der Waals surface area contributed by atoms with Gasteiger partial charge in [-0.1, -0.05) is 31.2 Å². The molecular weight excluding hydrogens is 613 g/mol. The predicted molar refractivity (Wildman–Crippen MR) is 170 cm³/mol. The van der Waals surface area contributed by atoms with Gasteiger partial charge in [0, 0.05) is 11.1 Å². The van der Waals surface area contributed by atoms with Crippen LogP contribution in [0.25, 0.3) is 33.8 Å². The van der Waals surface area contributed by atoms with Crippen LogP contribution < -0.4 is 10.5 Å². The lowest BCUT2D eigenvalue weighted by Gasteiger charge is -2.20. The summed E-state index contributed by atoms with van der Waals surface area (Å²) in [5.74, 6) is -2.41. The summed E-state index contributed by atoms with van der Waals surface area (Å²) < 4.78 is 49.7. The van der Waals surface area contributed by atoms with E-state index in [-0.39, 0.29) is 34.1 Å². The van der Waals surface area contributed by atoms with Crippen molar-refractivity contribution in [2.45, 2.75) is 51.5 Å². The zero-order valence-corrected chi connectivity index (χ0v) is 26.6. The van der Waals surface area contributed by atoms with Crippen LogP contribution in [-0.2, 0) is 26.7 Å². The number of primary amides is 1. The predicted octanol–water partition coefficient (Wildman–Crippen LogP) is 5.09. The summed E-state index contributed by atoms with van der Waals surface area (Å²) in [6.07, 6.45) is 2.95. The lowest BCUT2D eigenvalue weighted by molar-refractivity contribution is 0.0528. The Kier molecular flexibility index (Phi) is 8.58. The Bertz CT molecular complexity index is 2070. The van der Waals surface area contributed by atoms with Crippen LogP contribution in [-0.4, -0.2) is 51.6 Å². The SMILES string of the molecule is CCOC(=O)c1cc(-c2ncc(S(=O)(=O)Nc3ccc(C(N)=O)cc3F)cn2)nc2c1c(-c1ccc(CC)cc1)nn2C(C)(C)C. The zero-order valence-electron chi connectivity index (χ0n) is 25.8. The molecule has 12 nitrogen and oxygen atoms in total. The fraction of sp³-hybridized carbons (Fsp3) is 0.250. The number of anilines is 1. The largest absolute Gasteiger partial charge is 0.462 e. The van der Waals surface area contributed by atoms with E-state index in [0.717, 1.165) is 42.1 Å². The van der Waals surface area contributed by atoms with Crippen LogP contribution >= 0.6 is 0 Å². The van der Waals surface area contributed by atoms with Crippen molar-refractivity contribution in [2.75, 3.05) is 11.3 Å². The number of ether oxygens (including phenoxy) is 1. The lowest BCUT2D eigenvalue weighted by atomic mass is 10.0. The highest BCUT2D eigenvalue weighted by atomic mass is 32.2. The molecule has 0 saturated carbocycles. The van der Waals surface area contributed by atoms with Crippen molar-refractivity contribution < 1.29 is 27.1 Å². The zero-order chi connectivity index (χ0) is 33.4. The summed E-state index contributed by atoms with van der Waals surface area (Å²) in [6.45, 7) is 9.76. The van der Waals surface area contributed by atoms with Crippen molar-refractivity contribution in [3.8, 4) is 22.8 Å². The minimum absolute atomic E-state index is 0.0268. The smallest absolute Gasteiger partial charge is 0.339 e. The second kappa shape index (κ2) is 12.3. The van der Waals surface area contributed by atoms with E-state index in [1.54, 1.807) is 11.6 Å². The van der Waals surface area contributed by atoms with Gasteiger partial charge in [0.1, 0.15) is 22.1 Å². The van der Waals surface area contributed by atoms with Gasteiger partial charge in [-0.25, -0.2) is 37.2 Å². The standard InChI is InChI=1S/C32H32FN7O5S/c1-6-18-8-10-19(11-9-18)27-26-22(31(42)45-7-2)15-25(37-30(26)40(38-27)32(3,4)5)29-35-16-21(17-36-29)46(43,44)39-24-13-12-20(28(34)41)14-23(24)33/h8-17,39H,6-7H2,1-5H3,(H2,34,41). The number of halogens is 1. The average molecular weight is 646 g/mol. The van der Waals surface area contributed by atoms with E-state index >= 15 is 0 Å². The molecule has 0 saturated heterocycles. The van der Waals surface area contributed by atoms with Crippen LogP contribution in [0, 0.1) is 5.82 Å². The number of hydrogen-bond donors (Lipinski definition) is 2. The van der Waals surface area contributed by atoms with E-state index in [1.165, 1.54) is 12.1 Å². The molecule has 0 aliphatic rings. The molecule has 0 aliphatic heterocycles. The Morgan fingerprint density at radius 3 is 2.26 bits per heavy atom. The summed E-state index contributed by atoms with van der Waals surface area (Å²) in [4.78, 5) is 37.5. The number of rotatable bonds is 9. The number of carbonyl (C=O) groups is 2. The van der Waals surface area contributed by atoms with Gasteiger partial charge in [0.05, 0.1) is 41.2 Å². The van der Waals surface area contributed by atoms with Gasteiger partial charge in [-0.15, -0.1) is 0 Å². The monoisotopic (exact) mass is 645 g/mol. The Labute approximate surface area is 264 Å². The van der Waals surface area contributed by atoms with Gasteiger partial charge in [0.25, 0.3) is 10.0 Å². The van der Waals surface area contributed by atoms with E-state index in [1.807, 2.05) is 45.0 Å². The number of aromatic nitrogens is 5. The van der Waals surface area contributed by atoms with E-state index in [4.69, 9.17) is 20.6 Å². The lowest BCUT2D eigenvalue weighted by Crippen LogP contribution is -2.23. The van der Waals surface area contributed by atoms with Gasteiger partial charge >= 0.3 is 5.97 Å². The highest BCUT2D eigenvalue weighted by Gasteiger charge is 2.28. The summed E-state index contributed by atoms with van der Waals surface area (Å²) in [5.41, 5.74) is 7.36. The van der Waals surface area contributed by atoms with Gasteiger partial charge < -0.3 is 10.5 Å². The number of sulfonamides is 1. The molecule has 3 heterocycles. The van der Waals surface area contributed by atoms with Gasteiger partial charge in [0.15, 0.2) is 11.5 Å². The molecule has 3 aromatic heterocycles. The fourth-order valence-electron chi connectivity index (χ4n) is 4.71. The number of esters is 1. The van der Waals surface area contributed by atoms with Gasteiger partial charge in [0.2, 0.25) is 5.91 Å². The highest BCUT2D eigenvalue weighted by Crippen LogP contribution is 2.35. The normalized spacial score (nSPS) is 11.9. The number of aryl methyl sites for hydroxylation is 1. The first-order valence-corrected chi connectivity index (χ1v) is 15.9. The first kappa shape index (κ1) is 32.2. The van der Waals surface area contributed by atoms with E-state index in [2.05, 4.69) is 21.6 Å². The van der Waals surface area contributed by atoms with Crippen molar-refractivity contribution in [1.82, 2.24) is 24.7 Å². The summed E-state index contributed by atoms with van der Waals surface area (Å²) in [5, 5.41) is 5.39. The number of amides is 1. The highest BCUT2D eigenvalue weighted by molar-refractivity contribution is 7.92. The molecule has 0 spiro atoms. The maximum Gasteiger partial charge on any atom is 0.339 e. The molecule has 0 fully saturated rings. The number of nitrogens with two attached hydrogens (primary N) is 1. The molecule has 5 rings (SSSR count). The van der Waals surface area contributed by atoms with Crippen LogP contribution in [0.1, 0.15) is 60.9 Å². The molecular formula is C32H32FN7O5S. The van der Waals surface area contributed by atoms with Crippen molar-refractivity contribution in [3.63, 3.8) is 0 Å². The molecule has 0 aliphatic carbocycles. The minimum Gasteiger partial charge on any atom is -0.462 e. The summed E-state index contributed by atoms with van der Waals surface area (Å²) >= 11 is 0. The van der Waals surface area contributed by atoms with Crippen molar-refractivity contribution in [1.29, 1.82) is 0 Å². The van der Waals surface area contributed by atoms with Crippen LogP contribution in [0.5, 0.6) is 0 Å². The number of nitrogens with one attached hydrogen (secondary N) is 1. The van der Waals surface area contributed by atoms with Crippen LogP contribution in [0.2, 0.25) is 0 Å². The van der Waals surface area contributed by atoms with E-state index in [0.29, 0.717) is 16.7 Å². The number of pyridine rings is 1. The molecule has 0 bridgehead atoms. The molecule has 0 atom stereocenters. The molecule has 238 valence electrons. The van der Waals surface area contributed by atoms with Gasteiger partial charge in [-0.05, 0) is 63.9 Å². The van der Waals surface area contributed by atoms with Crippen LogP contribution in [0.3, 0.4) is 0 Å². The maximum absolute atomic E-state index is 14.5. The Morgan fingerprint density at radius 1 is 1.02 bits per heavy atom. The number of nitrogens with zero attached hydrogens (tertiary/aromatic N) is 5. The molecule has 3 N–H and O–H groups in total. The number of hydrogen-bond acceptors (Lipinski definition) is 9. The van der Waals surface area contributed by atoms with Crippen molar-refractivity contribution in [3.05, 3.63) is 83.4 Å². The Hall–Kier alpha value is -5.24. The van der Waals surface area contributed by atoms with Crippen molar-refractivity contribution >= 4 is 38.6 Å². The first-order valence-electron chi connectivity index (χ1n) is 14.4. The van der Waals surface area contributed by atoms with E-state index < -0.39 is 38.9 Å². The minimum atomic E-state index is -4.33. The third kappa shape index (κ3) is 6.29. The first-order chi connectivity index (χ1) is 21.7. The quantitative estimate of drug-likeness (QED) is 0.207. The molecule has 5 aromatic rings. The fourth-order valence-corrected chi connectivity index (χ4v) is 5.67. The van der Waals surface area contributed by atoms with Crippen molar-refractivity contribution in [2.24, 2.45) is 5.73 Å². The van der Waals surface area contributed by atoms with E-state index in [9.17, 15) is 22.4 Å². The summed E-state index contributed by atoms with van der Waals surface area (Å²) in [6, 6.07) is 12.5. The second-order valence-corrected chi connectivity index (χ2v) is 13.0. The molecule has 2 aromatic carbocycles. The second-order valence-electron chi connectivity index (χ2n) is 11.4.